The first-order valence-electron chi connectivity index (χ1n) is 8.17. The zero-order valence-electron chi connectivity index (χ0n) is 14.5. The van der Waals surface area contributed by atoms with E-state index in [-0.39, 0.29) is 11.3 Å². The monoisotopic (exact) mass is 346 g/mol. The van der Waals surface area contributed by atoms with E-state index >= 15 is 0 Å². The molecule has 0 aliphatic carbocycles. The van der Waals surface area contributed by atoms with Gasteiger partial charge in [0.15, 0.2) is 5.78 Å². The summed E-state index contributed by atoms with van der Waals surface area (Å²) in [5.41, 5.74) is 3.29. The van der Waals surface area contributed by atoms with Gasteiger partial charge in [-0.25, -0.2) is 0 Å². The third kappa shape index (κ3) is 3.78. The first kappa shape index (κ1) is 17.4. The smallest absolute Gasteiger partial charge is 0.261 e. The van der Waals surface area contributed by atoms with Crippen molar-refractivity contribution in [2.75, 3.05) is 5.32 Å². The van der Waals surface area contributed by atoms with Crippen LogP contribution in [0.5, 0.6) is 0 Å². The fourth-order valence-electron chi connectivity index (χ4n) is 2.54. The van der Waals surface area contributed by atoms with Crippen LogP contribution >= 0.6 is 0 Å². The number of hydrogen-bond acceptors (Lipinski definition) is 3. The molecule has 2 aromatic carbocycles. The maximum atomic E-state index is 12.3. The van der Waals surface area contributed by atoms with Gasteiger partial charge in [0.1, 0.15) is 5.56 Å². The summed E-state index contributed by atoms with van der Waals surface area (Å²) < 4.78 is 0. The third-order valence-electron chi connectivity index (χ3n) is 4.07. The molecule has 0 atom stereocenters. The lowest BCUT2D eigenvalue weighted by Gasteiger charge is -2.07. The van der Waals surface area contributed by atoms with Crippen molar-refractivity contribution < 1.29 is 9.59 Å². The lowest BCUT2D eigenvalue weighted by molar-refractivity contribution is 0.101. The van der Waals surface area contributed by atoms with Crippen molar-refractivity contribution in [3.63, 3.8) is 0 Å². The number of aromatic nitrogens is 1. The molecule has 0 aliphatic rings. The number of Topliss-reactive ketones (excluding diaryl/α,β-unsaturated/α-hetero) is 1. The molecule has 0 bridgehead atoms. The second-order valence-electron chi connectivity index (χ2n) is 6.07. The number of ketones is 1. The molecule has 130 valence electrons. The molecule has 0 unspecified atom stereocenters. The molecule has 5 nitrogen and oxygen atoms in total. The minimum Gasteiger partial charge on any atom is -0.322 e. The van der Waals surface area contributed by atoms with Crippen LogP contribution in [-0.4, -0.2) is 16.7 Å². The quantitative estimate of drug-likeness (QED) is 0.705. The molecule has 0 spiro atoms. The largest absolute Gasteiger partial charge is 0.322 e. The van der Waals surface area contributed by atoms with Gasteiger partial charge in [0.05, 0.1) is 0 Å². The first-order valence-corrected chi connectivity index (χ1v) is 8.17. The van der Waals surface area contributed by atoms with Gasteiger partial charge in [-0.1, -0.05) is 29.8 Å². The minimum atomic E-state index is -0.503. The van der Waals surface area contributed by atoms with Crippen LogP contribution in [-0.2, 0) is 0 Å². The Hall–Kier alpha value is -3.47. The highest BCUT2D eigenvalue weighted by molar-refractivity contribution is 6.04. The number of hydrogen-bond donors (Lipinski definition) is 2. The van der Waals surface area contributed by atoms with E-state index in [1.807, 2.05) is 31.2 Å². The highest BCUT2D eigenvalue weighted by Gasteiger charge is 2.12. The van der Waals surface area contributed by atoms with Crippen LogP contribution in [0.3, 0.4) is 0 Å². The molecule has 0 radical (unpaired) electrons. The third-order valence-corrected chi connectivity index (χ3v) is 4.07. The lowest BCUT2D eigenvalue weighted by atomic mass is 10.1. The highest BCUT2D eigenvalue weighted by Crippen LogP contribution is 2.17. The number of amides is 1. The van der Waals surface area contributed by atoms with Gasteiger partial charge in [0.2, 0.25) is 0 Å². The molecule has 1 aromatic heterocycles. The molecule has 0 fully saturated rings. The van der Waals surface area contributed by atoms with Gasteiger partial charge in [-0.15, -0.1) is 0 Å². The van der Waals surface area contributed by atoms with Crippen molar-refractivity contribution in [1.82, 2.24) is 4.98 Å². The van der Waals surface area contributed by atoms with Gasteiger partial charge in [0.25, 0.3) is 11.5 Å². The topological polar surface area (TPSA) is 79.0 Å². The highest BCUT2D eigenvalue weighted by atomic mass is 16.2. The molecule has 0 aliphatic heterocycles. The van der Waals surface area contributed by atoms with Gasteiger partial charge in [-0.05, 0) is 55.8 Å². The fraction of sp³-hybridized carbons (Fsp3) is 0.0952. The van der Waals surface area contributed by atoms with Crippen LogP contribution in [0.15, 0.2) is 65.5 Å². The second-order valence-corrected chi connectivity index (χ2v) is 6.07. The summed E-state index contributed by atoms with van der Waals surface area (Å²) in [5, 5.41) is 2.66. The molecule has 3 aromatic rings. The number of aryl methyl sites for hydroxylation is 1. The maximum absolute atomic E-state index is 12.3. The van der Waals surface area contributed by atoms with Gasteiger partial charge >= 0.3 is 0 Å². The van der Waals surface area contributed by atoms with E-state index in [1.54, 1.807) is 30.3 Å². The summed E-state index contributed by atoms with van der Waals surface area (Å²) in [6, 6.07) is 17.5. The van der Waals surface area contributed by atoms with Crippen LogP contribution in [0.2, 0.25) is 0 Å². The number of aromatic amines is 1. The Bertz CT molecular complexity index is 1020. The van der Waals surface area contributed by atoms with E-state index in [0.717, 1.165) is 11.1 Å². The predicted octanol–water partition coefficient (Wildman–Crippen LogP) is 3.81. The van der Waals surface area contributed by atoms with E-state index < -0.39 is 11.5 Å². The molecule has 0 saturated carbocycles. The first-order chi connectivity index (χ1) is 12.4. The summed E-state index contributed by atoms with van der Waals surface area (Å²) in [6.45, 7) is 3.46. The number of pyridine rings is 1. The zero-order chi connectivity index (χ0) is 18.7. The molecule has 3 rings (SSSR count). The number of nitrogens with one attached hydrogen (secondary N) is 2. The van der Waals surface area contributed by atoms with E-state index in [2.05, 4.69) is 10.3 Å². The van der Waals surface area contributed by atoms with E-state index in [4.69, 9.17) is 0 Å². The molecule has 5 heteroatoms. The van der Waals surface area contributed by atoms with Crippen LogP contribution < -0.4 is 10.9 Å². The number of benzene rings is 2. The number of anilines is 1. The summed E-state index contributed by atoms with van der Waals surface area (Å²) >= 11 is 0. The van der Waals surface area contributed by atoms with Crippen molar-refractivity contribution >= 4 is 17.4 Å². The zero-order valence-corrected chi connectivity index (χ0v) is 14.5. The van der Waals surface area contributed by atoms with E-state index in [0.29, 0.717) is 16.9 Å². The molecule has 1 amide bonds. The summed E-state index contributed by atoms with van der Waals surface area (Å²) in [7, 11) is 0. The normalized spacial score (nSPS) is 10.4. The maximum Gasteiger partial charge on any atom is 0.261 e. The molecule has 0 saturated heterocycles. The van der Waals surface area contributed by atoms with Crippen molar-refractivity contribution in [3.8, 4) is 11.3 Å². The average molecular weight is 346 g/mol. The number of rotatable bonds is 4. The Balaban J connectivity index is 1.80. The SMILES string of the molecule is CC(=O)c1ccc(NC(=O)c2ccc(-c3ccc(C)cc3)[nH]c2=O)cc1. The fourth-order valence-corrected chi connectivity index (χ4v) is 2.54. The van der Waals surface area contributed by atoms with Crippen molar-refractivity contribution in [3.05, 3.63) is 87.7 Å². The van der Waals surface area contributed by atoms with Gasteiger partial charge < -0.3 is 10.3 Å². The van der Waals surface area contributed by atoms with Crippen LogP contribution in [0.25, 0.3) is 11.3 Å². The van der Waals surface area contributed by atoms with Gasteiger partial charge in [-0.2, -0.15) is 0 Å². The minimum absolute atomic E-state index is 0.0245. The molecular weight excluding hydrogens is 328 g/mol. The Labute approximate surface area is 150 Å². The Morgan fingerprint density at radius 3 is 2.12 bits per heavy atom. The van der Waals surface area contributed by atoms with Crippen LogP contribution in [0.1, 0.15) is 33.2 Å². The Morgan fingerprint density at radius 2 is 1.54 bits per heavy atom. The second kappa shape index (κ2) is 7.19. The average Bonchev–Trinajstić information content (AvgIpc) is 2.62. The molecule has 1 heterocycles. The van der Waals surface area contributed by atoms with Gasteiger partial charge in [0, 0.05) is 16.9 Å². The number of H-pyrrole nitrogens is 1. The predicted molar refractivity (Wildman–Crippen MR) is 102 cm³/mol. The van der Waals surface area contributed by atoms with Crippen molar-refractivity contribution in [1.29, 1.82) is 0 Å². The number of carbonyl (C=O) groups is 2. The summed E-state index contributed by atoms with van der Waals surface area (Å²) in [5.74, 6) is -0.553. The van der Waals surface area contributed by atoms with Crippen molar-refractivity contribution in [2.24, 2.45) is 0 Å². The lowest BCUT2D eigenvalue weighted by Crippen LogP contribution is -2.23. The van der Waals surface area contributed by atoms with E-state index in [9.17, 15) is 14.4 Å². The van der Waals surface area contributed by atoms with Crippen molar-refractivity contribution in [2.45, 2.75) is 13.8 Å². The summed E-state index contributed by atoms with van der Waals surface area (Å²) in [4.78, 5) is 38.7. The van der Waals surface area contributed by atoms with Gasteiger partial charge in [-0.3, -0.25) is 14.4 Å². The number of carbonyl (C=O) groups excluding carboxylic acids is 2. The Kier molecular flexibility index (Phi) is 4.80. The molecule has 26 heavy (non-hydrogen) atoms. The standard InChI is InChI=1S/C21H18N2O3/c1-13-3-5-16(6-4-13)19-12-11-18(21(26)23-19)20(25)22-17-9-7-15(8-10-17)14(2)24/h3-12H,1-2H3,(H,22,25)(H,23,26). The Morgan fingerprint density at radius 1 is 0.885 bits per heavy atom. The van der Waals surface area contributed by atoms with E-state index in [1.165, 1.54) is 13.0 Å². The molecular formula is C21H18N2O3. The van der Waals surface area contributed by atoms with Crippen LogP contribution in [0.4, 0.5) is 5.69 Å². The molecule has 2 N–H and O–H groups in total. The van der Waals surface area contributed by atoms with Crippen LogP contribution in [0, 0.1) is 6.92 Å². The summed E-state index contributed by atoms with van der Waals surface area (Å²) in [6.07, 6.45) is 0.